The number of benzene rings is 1. The van der Waals surface area contributed by atoms with Crippen molar-refractivity contribution in [2.75, 3.05) is 13.2 Å². The lowest BCUT2D eigenvalue weighted by Crippen LogP contribution is -2.52. The highest BCUT2D eigenvalue weighted by molar-refractivity contribution is 5.36. The highest BCUT2D eigenvalue weighted by Crippen LogP contribution is 2.32. The lowest BCUT2D eigenvalue weighted by atomic mass is 9.84. The summed E-state index contributed by atoms with van der Waals surface area (Å²) in [6.45, 7) is 1.49. The topological polar surface area (TPSA) is 44.5 Å². The van der Waals surface area contributed by atoms with Crippen LogP contribution in [-0.2, 0) is 11.2 Å². The van der Waals surface area contributed by atoms with Crippen LogP contribution in [0.2, 0.25) is 0 Å². The maximum absolute atomic E-state index is 6.45. The number of hydrogen-bond acceptors (Lipinski definition) is 3. The van der Waals surface area contributed by atoms with E-state index in [1.54, 1.807) is 0 Å². The molecule has 2 unspecified atom stereocenters. The highest BCUT2D eigenvalue weighted by atomic mass is 16.5. The van der Waals surface area contributed by atoms with E-state index in [4.69, 9.17) is 15.2 Å². The predicted octanol–water partition coefficient (Wildman–Crippen LogP) is 1.89. The SMILES string of the molecule is NC1(CC2CCCO2)COc2ccccc2C1. The summed E-state index contributed by atoms with van der Waals surface area (Å²) in [5, 5.41) is 0. The molecule has 0 bridgehead atoms. The van der Waals surface area contributed by atoms with Gasteiger partial charge in [-0.2, -0.15) is 0 Å². The van der Waals surface area contributed by atoms with Crippen molar-refractivity contribution < 1.29 is 9.47 Å². The first kappa shape index (κ1) is 11.1. The maximum atomic E-state index is 6.45. The molecule has 0 amide bonds. The Hall–Kier alpha value is -1.06. The van der Waals surface area contributed by atoms with Gasteiger partial charge in [-0.3, -0.25) is 0 Å². The molecule has 0 radical (unpaired) electrons. The zero-order chi connectivity index (χ0) is 11.7. The summed E-state index contributed by atoms with van der Waals surface area (Å²) >= 11 is 0. The van der Waals surface area contributed by atoms with Crippen molar-refractivity contribution in [3.63, 3.8) is 0 Å². The van der Waals surface area contributed by atoms with Gasteiger partial charge in [-0.15, -0.1) is 0 Å². The van der Waals surface area contributed by atoms with Crippen LogP contribution in [0.1, 0.15) is 24.8 Å². The lowest BCUT2D eigenvalue weighted by molar-refractivity contribution is 0.0647. The van der Waals surface area contributed by atoms with Crippen LogP contribution in [0.15, 0.2) is 24.3 Å². The van der Waals surface area contributed by atoms with Gasteiger partial charge in [0.2, 0.25) is 0 Å². The van der Waals surface area contributed by atoms with E-state index in [0.717, 1.165) is 38.0 Å². The van der Waals surface area contributed by atoms with Gasteiger partial charge >= 0.3 is 0 Å². The van der Waals surface area contributed by atoms with E-state index in [9.17, 15) is 0 Å². The predicted molar refractivity (Wildman–Crippen MR) is 66.2 cm³/mol. The van der Waals surface area contributed by atoms with Crippen LogP contribution < -0.4 is 10.5 Å². The number of ether oxygens (including phenoxy) is 2. The summed E-state index contributed by atoms with van der Waals surface area (Å²) in [4.78, 5) is 0. The largest absolute Gasteiger partial charge is 0.491 e. The van der Waals surface area contributed by atoms with Gasteiger partial charge in [0.25, 0.3) is 0 Å². The zero-order valence-corrected chi connectivity index (χ0v) is 10.0. The number of nitrogens with two attached hydrogens (primary N) is 1. The number of para-hydroxylation sites is 1. The van der Waals surface area contributed by atoms with Gasteiger partial charge in [0.15, 0.2) is 0 Å². The van der Waals surface area contributed by atoms with E-state index >= 15 is 0 Å². The van der Waals surface area contributed by atoms with Crippen molar-refractivity contribution in [2.24, 2.45) is 5.73 Å². The molecule has 3 heteroatoms. The van der Waals surface area contributed by atoms with E-state index in [0.29, 0.717) is 12.7 Å². The summed E-state index contributed by atoms with van der Waals surface area (Å²) in [5.41, 5.74) is 7.41. The van der Waals surface area contributed by atoms with Crippen molar-refractivity contribution in [1.82, 2.24) is 0 Å². The molecule has 2 atom stereocenters. The summed E-state index contributed by atoms with van der Waals surface area (Å²) in [6, 6.07) is 8.16. The van der Waals surface area contributed by atoms with Gasteiger partial charge in [0.1, 0.15) is 12.4 Å². The average Bonchev–Trinajstić information content (AvgIpc) is 2.81. The molecule has 2 heterocycles. The third-order valence-corrected chi connectivity index (χ3v) is 3.69. The molecule has 3 nitrogen and oxygen atoms in total. The third-order valence-electron chi connectivity index (χ3n) is 3.69. The van der Waals surface area contributed by atoms with E-state index in [-0.39, 0.29) is 5.54 Å². The Morgan fingerprint density at radius 2 is 2.24 bits per heavy atom. The Bertz CT molecular complexity index is 401. The molecule has 0 saturated carbocycles. The van der Waals surface area contributed by atoms with E-state index < -0.39 is 0 Å². The number of fused-ring (bicyclic) bond motifs is 1. The number of hydrogen-bond donors (Lipinski definition) is 1. The van der Waals surface area contributed by atoms with Gasteiger partial charge < -0.3 is 15.2 Å². The molecule has 1 fully saturated rings. The molecule has 2 aliphatic rings. The average molecular weight is 233 g/mol. The van der Waals surface area contributed by atoms with Crippen LogP contribution in [0.25, 0.3) is 0 Å². The standard InChI is InChI=1S/C14H19NO2/c15-14(9-12-5-3-7-16-12)8-11-4-1-2-6-13(11)17-10-14/h1-2,4,6,12H,3,5,7-10,15H2. The van der Waals surface area contributed by atoms with Crippen LogP contribution in [0, 0.1) is 0 Å². The van der Waals surface area contributed by atoms with E-state index in [1.165, 1.54) is 5.56 Å². The number of rotatable bonds is 2. The summed E-state index contributed by atoms with van der Waals surface area (Å²) in [6.07, 6.45) is 4.43. The smallest absolute Gasteiger partial charge is 0.122 e. The second-order valence-electron chi connectivity index (χ2n) is 5.27. The van der Waals surface area contributed by atoms with Gasteiger partial charge in [0.05, 0.1) is 11.6 Å². The Balaban J connectivity index is 1.73. The van der Waals surface area contributed by atoms with Gasteiger partial charge in [0, 0.05) is 6.61 Å². The molecule has 2 aliphatic heterocycles. The molecule has 92 valence electrons. The minimum absolute atomic E-state index is 0.261. The molecule has 2 N–H and O–H groups in total. The van der Waals surface area contributed by atoms with Crippen LogP contribution in [0.3, 0.4) is 0 Å². The Kier molecular flexibility index (Phi) is 2.81. The molecule has 0 aliphatic carbocycles. The van der Waals surface area contributed by atoms with Crippen molar-refractivity contribution in [3.8, 4) is 5.75 Å². The monoisotopic (exact) mass is 233 g/mol. The first-order valence-electron chi connectivity index (χ1n) is 6.36. The first-order valence-corrected chi connectivity index (χ1v) is 6.36. The van der Waals surface area contributed by atoms with Crippen molar-refractivity contribution in [2.45, 2.75) is 37.3 Å². The van der Waals surface area contributed by atoms with Crippen molar-refractivity contribution in [3.05, 3.63) is 29.8 Å². The zero-order valence-electron chi connectivity index (χ0n) is 10.0. The first-order chi connectivity index (χ1) is 8.25. The van der Waals surface area contributed by atoms with Crippen molar-refractivity contribution in [1.29, 1.82) is 0 Å². The van der Waals surface area contributed by atoms with Gasteiger partial charge in [-0.25, -0.2) is 0 Å². The second kappa shape index (κ2) is 4.31. The summed E-state index contributed by atoms with van der Waals surface area (Å²) in [5.74, 6) is 0.987. The molecule has 1 aromatic carbocycles. The van der Waals surface area contributed by atoms with Crippen LogP contribution >= 0.6 is 0 Å². The van der Waals surface area contributed by atoms with Crippen molar-refractivity contribution >= 4 is 0 Å². The van der Waals surface area contributed by atoms with Crippen LogP contribution in [0.4, 0.5) is 0 Å². The van der Waals surface area contributed by atoms with Crippen LogP contribution in [-0.4, -0.2) is 24.9 Å². The Morgan fingerprint density at radius 3 is 3.06 bits per heavy atom. The Labute approximate surface area is 102 Å². The maximum Gasteiger partial charge on any atom is 0.122 e. The normalized spacial score (nSPS) is 31.9. The molecule has 0 aromatic heterocycles. The lowest BCUT2D eigenvalue weighted by Gasteiger charge is -2.36. The molecular weight excluding hydrogens is 214 g/mol. The minimum Gasteiger partial charge on any atom is -0.491 e. The molecule has 3 rings (SSSR count). The molecule has 17 heavy (non-hydrogen) atoms. The molecular formula is C14H19NO2. The van der Waals surface area contributed by atoms with Gasteiger partial charge in [-0.1, -0.05) is 18.2 Å². The quantitative estimate of drug-likeness (QED) is 0.848. The fraction of sp³-hybridized carbons (Fsp3) is 0.571. The molecule has 1 saturated heterocycles. The van der Waals surface area contributed by atoms with Gasteiger partial charge in [-0.05, 0) is 37.3 Å². The second-order valence-corrected chi connectivity index (χ2v) is 5.27. The van der Waals surface area contributed by atoms with E-state index in [1.807, 2.05) is 18.2 Å². The van der Waals surface area contributed by atoms with E-state index in [2.05, 4.69) is 6.07 Å². The minimum atomic E-state index is -0.261. The summed E-state index contributed by atoms with van der Waals surface area (Å²) < 4.78 is 11.4. The fourth-order valence-electron chi connectivity index (χ4n) is 2.83. The third kappa shape index (κ3) is 2.31. The highest BCUT2D eigenvalue weighted by Gasteiger charge is 2.35. The Morgan fingerprint density at radius 1 is 1.35 bits per heavy atom. The summed E-state index contributed by atoms with van der Waals surface area (Å²) in [7, 11) is 0. The molecule has 1 aromatic rings. The molecule has 0 spiro atoms. The fourth-order valence-corrected chi connectivity index (χ4v) is 2.83. The van der Waals surface area contributed by atoms with Crippen LogP contribution in [0.5, 0.6) is 5.75 Å².